The fourth-order valence-electron chi connectivity index (χ4n) is 7.75. The third kappa shape index (κ3) is 6.69. The summed E-state index contributed by atoms with van der Waals surface area (Å²) in [4.78, 5) is 18.4. The number of aliphatic hydroxyl groups excluding tert-OH is 1. The van der Waals surface area contributed by atoms with Crippen LogP contribution in [-0.4, -0.2) is 85.3 Å². The summed E-state index contributed by atoms with van der Waals surface area (Å²) in [6, 6.07) is 14.0. The molecule has 6 fully saturated rings. The van der Waals surface area contributed by atoms with Gasteiger partial charge in [0.2, 0.25) is 10.0 Å². The highest BCUT2D eigenvalue weighted by molar-refractivity contribution is 7.89. The summed E-state index contributed by atoms with van der Waals surface area (Å²) >= 11 is 1.45. The van der Waals surface area contributed by atoms with Crippen molar-refractivity contribution in [1.82, 2.24) is 14.6 Å². The van der Waals surface area contributed by atoms with E-state index in [2.05, 4.69) is 15.6 Å². The number of fused-ring (bicyclic) bond motifs is 3. The molecule has 9 rings (SSSR count). The van der Waals surface area contributed by atoms with Crippen molar-refractivity contribution in [2.24, 2.45) is 23.7 Å². The number of nitrogens with one attached hydrogen (secondary N) is 2. The molecule has 3 saturated heterocycles. The van der Waals surface area contributed by atoms with Gasteiger partial charge in [0.1, 0.15) is 6.10 Å². The molecule has 6 aliphatic rings. The summed E-state index contributed by atoms with van der Waals surface area (Å²) in [5.41, 5.74) is 1.66. The molecule has 4 heterocycles. The van der Waals surface area contributed by atoms with Gasteiger partial charge in [-0.05, 0) is 81.5 Å². The minimum atomic E-state index is -4.01. The highest BCUT2D eigenvalue weighted by atomic mass is 32.2. The first kappa shape index (κ1) is 32.4. The topological polar surface area (TPSA) is 139 Å². The summed E-state index contributed by atoms with van der Waals surface area (Å²) in [5, 5.41) is 19.0. The molecule has 1 amide bonds. The van der Waals surface area contributed by atoms with E-state index in [9.17, 15) is 18.3 Å². The van der Waals surface area contributed by atoms with Gasteiger partial charge in [-0.1, -0.05) is 41.7 Å². The van der Waals surface area contributed by atoms with Crippen LogP contribution in [0.1, 0.15) is 51.0 Å². The maximum Gasteiger partial charge on any atom is 0.407 e. The first-order valence-corrected chi connectivity index (χ1v) is 19.6. The highest BCUT2D eigenvalue weighted by Crippen LogP contribution is 2.46. The van der Waals surface area contributed by atoms with Crippen LogP contribution in [0.25, 0.3) is 10.2 Å². The lowest BCUT2D eigenvalue weighted by Crippen LogP contribution is -2.53. The number of amides is 1. The Morgan fingerprint density at radius 1 is 1.06 bits per heavy atom. The van der Waals surface area contributed by atoms with Crippen LogP contribution in [0.4, 0.5) is 9.93 Å². The van der Waals surface area contributed by atoms with Crippen LogP contribution < -0.4 is 10.6 Å². The number of benzene rings is 2. The Bertz CT molecular complexity index is 1730. The molecule has 3 saturated carbocycles. The Hall–Kier alpha value is -2.81. The Labute approximate surface area is 285 Å². The average molecular weight is 697 g/mol. The van der Waals surface area contributed by atoms with Crippen LogP contribution in [0, 0.1) is 23.7 Å². The number of hydrogen-bond donors (Lipinski definition) is 3. The van der Waals surface area contributed by atoms with E-state index in [1.807, 2.05) is 37.3 Å². The van der Waals surface area contributed by atoms with Crippen molar-refractivity contribution in [3.63, 3.8) is 0 Å². The number of nitrogens with zero attached hydrogens (tertiary/aromatic N) is 2. The molecule has 6 unspecified atom stereocenters. The molecule has 1 aromatic heterocycles. The maximum absolute atomic E-state index is 14.4. The Balaban J connectivity index is 1.03. The number of carbonyl (C=O) groups is 1. The van der Waals surface area contributed by atoms with Gasteiger partial charge in [0.25, 0.3) is 0 Å². The van der Waals surface area contributed by atoms with Crippen LogP contribution in [0.2, 0.25) is 0 Å². The number of aromatic nitrogens is 1. The van der Waals surface area contributed by atoms with Crippen molar-refractivity contribution >= 4 is 42.8 Å². The van der Waals surface area contributed by atoms with Gasteiger partial charge in [0, 0.05) is 36.4 Å². The number of ether oxygens (including phenoxy) is 3. The molecule has 3 aliphatic heterocycles. The summed E-state index contributed by atoms with van der Waals surface area (Å²) in [6.45, 7) is 2.73. The van der Waals surface area contributed by atoms with E-state index in [1.54, 1.807) is 18.2 Å². The zero-order valence-corrected chi connectivity index (χ0v) is 28.7. The summed E-state index contributed by atoms with van der Waals surface area (Å²) in [5.74, 6) is 0.597. The van der Waals surface area contributed by atoms with E-state index in [-0.39, 0.29) is 53.5 Å². The summed E-state index contributed by atoms with van der Waals surface area (Å²) < 4.78 is 48.9. The molecular formula is C35H44N4O7S2. The van der Waals surface area contributed by atoms with Crippen LogP contribution >= 0.6 is 11.3 Å². The highest BCUT2D eigenvalue weighted by Gasteiger charge is 2.53. The smallest absolute Gasteiger partial charge is 0.407 e. The number of hydrogen-bond acceptors (Lipinski definition) is 10. The number of aliphatic hydroxyl groups is 1. The average Bonchev–Trinajstić information content (AvgIpc) is 4.01. The number of thiazole rings is 1. The third-order valence-electron chi connectivity index (χ3n) is 10.9. The van der Waals surface area contributed by atoms with Gasteiger partial charge in [-0.15, -0.1) is 0 Å². The van der Waals surface area contributed by atoms with E-state index in [4.69, 9.17) is 14.2 Å². The molecule has 11 nitrogen and oxygen atoms in total. The number of alkyl carbamates (subject to hydrolysis) is 1. The maximum atomic E-state index is 14.4. The fourth-order valence-corrected chi connectivity index (χ4v) is 10.5. The van der Waals surface area contributed by atoms with Crippen LogP contribution in [0.3, 0.4) is 0 Å². The molecule has 48 heavy (non-hydrogen) atoms. The molecule has 4 bridgehead atoms. The molecule has 3 aromatic rings. The number of sulfonamides is 1. The van der Waals surface area contributed by atoms with Crippen LogP contribution in [-0.2, 0) is 30.7 Å². The molecule has 2 aromatic carbocycles. The Morgan fingerprint density at radius 3 is 2.62 bits per heavy atom. The molecule has 3 N–H and O–H groups in total. The molecular weight excluding hydrogens is 653 g/mol. The Morgan fingerprint density at radius 2 is 1.85 bits per heavy atom. The molecule has 13 heteroatoms. The number of anilines is 1. The lowest BCUT2D eigenvalue weighted by atomic mass is 9.74. The molecule has 258 valence electrons. The van der Waals surface area contributed by atoms with Gasteiger partial charge in [0.05, 0.1) is 40.5 Å². The lowest BCUT2D eigenvalue weighted by molar-refractivity contribution is -0.135. The van der Waals surface area contributed by atoms with Crippen molar-refractivity contribution in [2.75, 3.05) is 25.1 Å². The fraction of sp³-hybridized carbons (Fsp3) is 0.600. The van der Waals surface area contributed by atoms with Crippen molar-refractivity contribution < 1.29 is 32.5 Å². The number of carbonyl (C=O) groups excluding carboxylic acids is 1. The van der Waals surface area contributed by atoms with Gasteiger partial charge in [0.15, 0.2) is 11.4 Å². The minimum absolute atomic E-state index is 0.0796. The van der Waals surface area contributed by atoms with Gasteiger partial charge >= 0.3 is 6.09 Å². The zero-order valence-electron chi connectivity index (χ0n) is 27.1. The molecule has 0 radical (unpaired) electrons. The number of rotatable bonds is 13. The Kier molecular flexibility index (Phi) is 8.87. The van der Waals surface area contributed by atoms with E-state index in [1.165, 1.54) is 15.6 Å². The second kappa shape index (κ2) is 13.1. The van der Waals surface area contributed by atoms with Gasteiger partial charge in [-0.25, -0.2) is 18.2 Å². The van der Waals surface area contributed by atoms with E-state index in [0.717, 1.165) is 59.4 Å². The van der Waals surface area contributed by atoms with Crippen molar-refractivity contribution in [3.05, 3.63) is 54.1 Å². The predicted octanol–water partition coefficient (Wildman–Crippen LogP) is 4.76. The van der Waals surface area contributed by atoms with E-state index in [0.29, 0.717) is 25.7 Å². The van der Waals surface area contributed by atoms with Crippen LogP contribution in [0.5, 0.6) is 0 Å². The first-order valence-electron chi connectivity index (χ1n) is 17.3. The van der Waals surface area contributed by atoms with Crippen molar-refractivity contribution in [2.45, 2.75) is 93.4 Å². The monoisotopic (exact) mass is 696 g/mol. The molecule has 8 atom stereocenters. The van der Waals surface area contributed by atoms with Crippen molar-refractivity contribution in [3.8, 4) is 0 Å². The second-order valence-electron chi connectivity index (χ2n) is 14.3. The SMILES string of the molecule is CC(C1CC1)N(C[C@@H](O)[C@H](Cc1ccccc1)NC(=O)OC1C2CCC3C(OC2)OCC31)S(=O)(=O)c1ccc2nc(NC3CC3)sc2c1. The van der Waals surface area contributed by atoms with Crippen molar-refractivity contribution in [1.29, 1.82) is 0 Å². The predicted molar refractivity (Wildman–Crippen MR) is 181 cm³/mol. The molecule has 0 spiro atoms. The minimum Gasteiger partial charge on any atom is -0.445 e. The van der Waals surface area contributed by atoms with Gasteiger partial charge in [-0.3, -0.25) is 0 Å². The summed E-state index contributed by atoms with van der Waals surface area (Å²) in [6.07, 6.45) is 3.93. The van der Waals surface area contributed by atoms with E-state index >= 15 is 0 Å². The standard InChI is InChI=1S/C35H44N4O7S2/c1-20(22-7-8-22)39(48(42,43)25-12-14-28-31(16-25)47-34(37-28)36-24-10-11-24)17-30(40)29(15-21-5-3-2-4-6-21)38-35(41)46-32-23-9-13-26-27(32)19-45-33(26)44-18-23/h2-6,12,14,16,20,22-24,26-27,29-30,32-33,40H,7-11,13,15,17-19H2,1H3,(H,36,37)(H,38,41)/t20?,23?,26?,27?,29-,30+,32?,33?/m0/s1. The molecule has 3 aliphatic carbocycles. The normalized spacial score (nSPS) is 28.6. The quantitative estimate of drug-likeness (QED) is 0.231. The second-order valence-corrected chi connectivity index (χ2v) is 17.2. The summed E-state index contributed by atoms with van der Waals surface area (Å²) in [7, 11) is -4.01. The van der Waals surface area contributed by atoms with Gasteiger partial charge < -0.3 is 30.0 Å². The first-order chi connectivity index (χ1) is 23.2. The lowest BCUT2D eigenvalue weighted by Gasteiger charge is -2.36. The third-order valence-corrected chi connectivity index (χ3v) is 13.8. The van der Waals surface area contributed by atoms with Crippen LogP contribution in [0.15, 0.2) is 53.4 Å². The van der Waals surface area contributed by atoms with Gasteiger partial charge in [-0.2, -0.15) is 4.31 Å². The largest absolute Gasteiger partial charge is 0.445 e. The van der Waals surface area contributed by atoms with E-state index < -0.39 is 28.3 Å². The zero-order chi connectivity index (χ0) is 33.0.